The minimum atomic E-state index is 0.201. The van der Waals surface area contributed by atoms with Crippen LogP contribution in [0.3, 0.4) is 0 Å². The number of amides is 1. The molecule has 0 aromatic carbocycles. The smallest absolute Gasteiger partial charge is 0.207 e. The first-order chi connectivity index (χ1) is 5.38. The lowest BCUT2D eigenvalue weighted by Gasteiger charge is -2.10. The van der Waals surface area contributed by atoms with Crippen molar-refractivity contribution in [2.75, 3.05) is 0 Å². The highest BCUT2D eigenvalue weighted by atomic mass is 32.1. The largest absolute Gasteiger partial charge is 0.351 e. The zero-order chi connectivity index (χ0) is 8.10. The fourth-order valence-corrected chi connectivity index (χ4v) is 1.84. The van der Waals surface area contributed by atoms with Crippen molar-refractivity contribution in [3.8, 4) is 0 Å². The van der Waals surface area contributed by atoms with Gasteiger partial charge in [-0.2, -0.15) is 0 Å². The zero-order valence-corrected chi connectivity index (χ0v) is 7.23. The maximum absolute atomic E-state index is 10.2. The molecule has 1 atom stereocenters. The first kappa shape index (κ1) is 8.27. The highest BCUT2D eigenvalue weighted by Gasteiger charge is 2.06. The third-order valence-corrected chi connectivity index (χ3v) is 2.55. The fourth-order valence-electron chi connectivity index (χ4n) is 0.973. The highest BCUT2D eigenvalue weighted by Crippen LogP contribution is 2.20. The van der Waals surface area contributed by atoms with Gasteiger partial charge in [-0.05, 0) is 17.9 Å². The van der Waals surface area contributed by atoms with Gasteiger partial charge in [0.05, 0.1) is 6.04 Å². The summed E-state index contributed by atoms with van der Waals surface area (Å²) in [5.74, 6) is 0. The molecule has 60 valence electrons. The van der Waals surface area contributed by atoms with Gasteiger partial charge in [0, 0.05) is 4.88 Å². The average molecular weight is 169 g/mol. The molecular formula is C8H11NOS. The molecule has 0 aliphatic heterocycles. The Hall–Kier alpha value is -0.830. The van der Waals surface area contributed by atoms with E-state index in [1.807, 2.05) is 17.5 Å². The van der Waals surface area contributed by atoms with Gasteiger partial charge in [0.1, 0.15) is 0 Å². The topological polar surface area (TPSA) is 29.1 Å². The monoisotopic (exact) mass is 169 g/mol. The minimum absolute atomic E-state index is 0.201. The van der Waals surface area contributed by atoms with E-state index in [2.05, 4.69) is 12.2 Å². The van der Waals surface area contributed by atoms with E-state index < -0.39 is 0 Å². The predicted molar refractivity (Wildman–Crippen MR) is 46.6 cm³/mol. The van der Waals surface area contributed by atoms with Crippen molar-refractivity contribution >= 4 is 17.7 Å². The van der Waals surface area contributed by atoms with Crippen LogP contribution in [-0.2, 0) is 4.79 Å². The maximum atomic E-state index is 10.2. The summed E-state index contributed by atoms with van der Waals surface area (Å²) in [5.41, 5.74) is 0. The fraction of sp³-hybridized carbons (Fsp3) is 0.375. The van der Waals surface area contributed by atoms with Gasteiger partial charge in [-0.1, -0.05) is 13.0 Å². The number of hydrogen-bond donors (Lipinski definition) is 1. The molecule has 2 nitrogen and oxygen atoms in total. The Morgan fingerprint density at radius 3 is 3.09 bits per heavy atom. The molecule has 1 amide bonds. The van der Waals surface area contributed by atoms with E-state index in [1.165, 1.54) is 4.88 Å². The molecule has 3 heteroatoms. The summed E-state index contributed by atoms with van der Waals surface area (Å²) in [6.45, 7) is 2.06. The Labute approximate surface area is 70.2 Å². The van der Waals surface area contributed by atoms with Crippen molar-refractivity contribution in [3.63, 3.8) is 0 Å². The number of carbonyl (C=O) groups excluding carboxylic acids is 1. The molecular weight excluding hydrogens is 158 g/mol. The van der Waals surface area contributed by atoms with Crippen molar-refractivity contribution < 1.29 is 4.79 Å². The van der Waals surface area contributed by atoms with Crippen LogP contribution in [0.4, 0.5) is 0 Å². The van der Waals surface area contributed by atoms with Crippen LogP contribution >= 0.6 is 11.3 Å². The van der Waals surface area contributed by atoms with Crippen molar-refractivity contribution in [2.24, 2.45) is 0 Å². The van der Waals surface area contributed by atoms with E-state index in [9.17, 15) is 4.79 Å². The van der Waals surface area contributed by atoms with Crippen LogP contribution < -0.4 is 5.32 Å². The van der Waals surface area contributed by atoms with Crippen molar-refractivity contribution in [3.05, 3.63) is 22.4 Å². The van der Waals surface area contributed by atoms with Gasteiger partial charge in [0.15, 0.2) is 0 Å². The van der Waals surface area contributed by atoms with E-state index in [0.717, 1.165) is 12.8 Å². The van der Waals surface area contributed by atoms with Crippen molar-refractivity contribution in [1.82, 2.24) is 5.32 Å². The third kappa shape index (κ3) is 2.05. The average Bonchev–Trinajstić information content (AvgIpc) is 2.52. The number of carbonyl (C=O) groups is 1. The van der Waals surface area contributed by atoms with Crippen LogP contribution in [0, 0.1) is 0 Å². The van der Waals surface area contributed by atoms with E-state index in [-0.39, 0.29) is 6.04 Å². The Balaban J connectivity index is 2.62. The van der Waals surface area contributed by atoms with Gasteiger partial charge in [-0.3, -0.25) is 4.79 Å². The molecule has 0 fully saturated rings. The van der Waals surface area contributed by atoms with Gasteiger partial charge >= 0.3 is 0 Å². The number of thiophene rings is 1. The lowest BCUT2D eigenvalue weighted by molar-refractivity contribution is -0.110. The number of rotatable bonds is 4. The molecule has 1 N–H and O–H groups in total. The van der Waals surface area contributed by atoms with E-state index in [1.54, 1.807) is 11.3 Å². The second kappa shape index (κ2) is 4.13. The second-order valence-corrected chi connectivity index (χ2v) is 3.24. The van der Waals surface area contributed by atoms with Crippen LogP contribution in [-0.4, -0.2) is 6.41 Å². The molecule has 0 aliphatic rings. The first-order valence-electron chi connectivity index (χ1n) is 3.61. The summed E-state index contributed by atoms with van der Waals surface area (Å²) >= 11 is 1.67. The molecule has 0 bridgehead atoms. The van der Waals surface area contributed by atoms with Crippen LogP contribution in [0.25, 0.3) is 0 Å². The number of nitrogens with one attached hydrogen (secondary N) is 1. The molecule has 1 rings (SSSR count). The Morgan fingerprint density at radius 2 is 2.64 bits per heavy atom. The summed E-state index contributed by atoms with van der Waals surface area (Å²) in [5, 5.41) is 4.78. The van der Waals surface area contributed by atoms with Crippen LogP contribution in [0.2, 0.25) is 0 Å². The summed E-state index contributed by atoms with van der Waals surface area (Å²) in [4.78, 5) is 11.4. The molecule has 1 unspecified atom stereocenters. The third-order valence-electron chi connectivity index (χ3n) is 1.56. The van der Waals surface area contributed by atoms with E-state index in [0.29, 0.717) is 0 Å². The van der Waals surface area contributed by atoms with Crippen LogP contribution in [0.15, 0.2) is 17.5 Å². The quantitative estimate of drug-likeness (QED) is 0.686. The SMILES string of the molecule is CCC(NC=O)c1cccs1. The maximum Gasteiger partial charge on any atom is 0.207 e. The van der Waals surface area contributed by atoms with Gasteiger partial charge in [-0.25, -0.2) is 0 Å². The Kier molecular flexibility index (Phi) is 3.11. The molecule has 0 spiro atoms. The Morgan fingerprint density at radius 1 is 1.82 bits per heavy atom. The summed E-state index contributed by atoms with van der Waals surface area (Å²) in [7, 11) is 0. The van der Waals surface area contributed by atoms with Gasteiger partial charge in [0.2, 0.25) is 6.41 Å². The number of hydrogen-bond acceptors (Lipinski definition) is 2. The molecule has 1 aromatic rings. The normalized spacial score (nSPS) is 12.5. The highest BCUT2D eigenvalue weighted by molar-refractivity contribution is 7.10. The lowest BCUT2D eigenvalue weighted by atomic mass is 10.2. The van der Waals surface area contributed by atoms with E-state index in [4.69, 9.17) is 0 Å². The molecule has 0 saturated heterocycles. The zero-order valence-electron chi connectivity index (χ0n) is 6.41. The standard InChI is InChI=1S/C8H11NOS/c1-2-7(9-6-10)8-4-3-5-11-8/h3-7H,2H2,1H3,(H,9,10). The minimum Gasteiger partial charge on any atom is -0.351 e. The van der Waals surface area contributed by atoms with Crippen molar-refractivity contribution in [2.45, 2.75) is 19.4 Å². The van der Waals surface area contributed by atoms with Crippen LogP contribution in [0.5, 0.6) is 0 Å². The molecule has 1 heterocycles. The first-order valence-corrected chi connectivity index (χ1v) is 4.49. The van der Waals surface area contributed by atoms with Gasteiger partial charge in [0.25, 0.3) is 0 Å². The molecule has 0 radical (unpaired) electrons. The van der Waals surface area contributed by atoms with E-state index >= 15 is 0 Å². The summed E-state index contributed by atoms with van der Waals surface area (Å²) in [6, 6.07) is 4.23. The molecule has 11 heavy (non-hydrogen) atoms. The Bertz CT molecular complexity index is 208. The molecule has 0 aliphatic carbocycles. The second-order valence-electron chi connectivity index (χ2n) is 2.26. The summed E-state index contributed by atoms with van der Waals surface area (Å²) < 4.78 is 0. The van der Waals surface area contributed by atoms with Crippen LogP contribution in [0.1, 0.15) is 24.3 Å². The predicted octanol–water partition coefficient (Wildman–Crippen LogP) is 1.95. The van der Waals surface area contributed by atoms with Crippen molar-refractivity contribution in [1.29, 1.82) is 0 Å². The van der Waals surface area contributed by atoms with Gasteiger partial charge in [-0.15, -0.1) is 11.3 Å². The summed E-state index contributed by atoms with van der Waals surface area (Å²) in [6.07, 6.45) is 1.70. The molecule has 0 saturated carbocycles. The molecule has 1 aromatic heterocycles. The van der Waals surface area contributed by atoms with Gasteiger partial charge < -0.3 is 5.32 Å². The lowest BCUT2D eigenvalue weighted by Crippen LogP contribution is -2.17.